The van der Waals surface area contributed by atoms with Crippen molar-refractivity contribution < 1.29 is 4.79 Å². The molecule has 0 aliphatic heterocycles. The summed E-state index contributed by atoms with van der Waals surface area (Å²) >= 11 is 1.56. The third-order valence-corrected chi connectivity index (χ3v) is 4.94. The summed E-state index contributed by atoms with van der Waals surface area (Å²) in [4.78, 5) is 21.5. The minimum absolute atomic E-state index is 0.0778. The van der Waals surface area contributed by atoms with E-state index in [-0.39, 0.29) is 12.3 Å². The number of aromatic nitrogens is 4. The Balaban J connectivity index is 1.69. The van der Waals surface area contributed by atoms with Crippen LogP contribution in [0.2, 0.25) is 0 Å². The highest BCUT2D eigenvalue weighted by atomic mass is 32.1. The molecule has 0 amide bonds. The number of hydrogen-bond donors (Lipinski definition) is 0. The highest BCUT2D eigenvalue weighted by Crippen LogP contribution is 2.23. The molecule has 0 atom stereocenters. The third-order valence-electron chi connectivity index (χ3n) is 4.18. The predicted octanol–water partition coefficient (Wildman–Crippen LogP) is 3.78. The molecule has 120 valence electrons. The highest BCUT2D eigenvalue weighted by molar-refractivity contribution is 7.12. The first-order valence-corrected chi connectivity index (χ1v) is 8.55. The van der Waals surface area contributed by atoms with Gasteiger partial charge < -0.3 is 4.57 Å². The number of hydrogen-bond acceptors (Lipinski definition) is 4. The van der Waals surface area contributed by atoms with E-state index >= 15 is 0 Å². The first-order chi connectivity index (χ1) is 11.6. The van der Waals surface area contributed by atoms with Gasteiger partial charge in [0.15, 0.2) is 10.9 Å². The fourth-order valence-electron chi connectivity index (χ4n) is 3.04. The SMILES string of the molecule is Cc1cc(C(=O)Cn2cnc3ccccc32)c(C)n1-c1nccs1. The summed E-state index contributed by atoms with van der Waals surface area (Å²) < 4.78 is 3.93. The number of nitrogens with zero attached hydrogens (tertiary/aromatic N) is 4. The van der Waals surface area contributed by atoms with Gasteiger partial charge in [0.1, 0.15) is 0 Å². The van der Waals surface area contributed by atoms with Crippen LogP contribution in [0, 0.1) is 13.8 Å². The minimum atomic E-state index is 0.0778. The van der Waals surface area contributed by atoms with Gasteiger partial charge in [-0.2, -0.15) is 0 Å². The molecule has 0 aliphatic carbocycles. The van der Waals surface area contributed by atoms with Crippen molar-refractivity contribution in [3.05, 3.63) is 65.2 Å². The van der Waals surface area contributed by atoms with Gasteiger partial charge in [-0.25, -0.2) is 9.97 Å². The molecule has 0 aliphatic rings. The van der Waals surface area contributed by atoms with Crippen molar-refractivity contribution in [1.29, 1.82) is 0 Å². The average molecular weight is 336 g/mol. The van der Waals surface area contributed by atoms with Crippen LogP contribution < -0.4 is 0 Å². The Kier molecular flexibility index (Phi) is 3.54. The summed E-state index contributed by atoms with van der Waals surface area (Å²) in [6.45, 7) is 4.24. The first kappa shape index (κ1) is 14.8. The summed E-state index contributed by atoms with van der Waals surface area (Å²) in [5, 5.41) is 2.82. The van der Waals surface area contributed by atoms with Crippen LogP contribution in [0.4, 0.5) is 0 Å². The zero-order valence-corrected chi connectivity index (χ0v) is 14.2. The summed E-state index contributed by atoms with van der Waals surface area (Å²) in [5.74, 6) is 0.0778. The largest absolute Gasteiger partial charge is 0.323 e. The number of Topliss-reactive ketones (excluding diaryl/α,β-unsaturated/α-hetero) is 1. The Bertz CT molecular complexity index is 1030. The molecule has 3 aromatic heterocycles. The summed E-state index contributed by atoms with van der Waals surface area (Å²) in [5.41, 5.74) is 4.55. The van der Waals surface area contributed by atoms with Crippen LogP contribution in [-0.4, -0.2) is 24.9 Å². The van der Waals surface area contributed by atoms with E-state index in [0.717, 1.165) is 33.1 Å². The molecule has 0 saturated heterocycles. The minimum Gasteiger partial charge on any atom is -0.323 e. The molecular formula is C18H16N4OS. The molecule has 5 nitrogen and oxygen atoms in total. The fraction of sp³-hybridized carbons (Fsp3) is 0.167. The molecule has 0 bridgehead atoms. The van der Waals surface area contributed by atoms with Crippen molar-refractivity contribution in [2.75, 3.05) is 0 Å². The molecule has 0 fully saturated rings. The smallest absolute Gasteiger partial charge is 0.193 e. The molecule has 0 saturated carbocycles. The van der Waals surface area contributed by atoms with Gasteiger partial charge >= 0.3 is 0 Å². The van der Waals surface area contributed by atoms with Crippen LogP contribution >= 0.6 is 11.3 Å². The molecule has 3 heterocycles. The number of aryl methyl sites for hydroxylation is 1. The zero-order valence-electron chi connectivity index (χ0n) is 13.4. The van der Waals surface area contributed by atoms with Crippen LogP contribution in [0.15, 0.2) is 48.2 Å². The molecule has 6 heteroatoms. The molecule has 1 aromatic carbocycles. The van der Waals surface area contributed by atoms with Gasteiger partial charge in [-0.05, 0) is 32.0 Å². The molecule has 24 heavy (non-hydrogen) atoms. The number of thiazole rings is 1. The molecule has 0 spiro atoms. The standard InChI is InChI=1S/C18H16N4OS/c1-12-9-14(13(2)22(12)18-19-7-8-24-18)17(23)10-21-11-20-15-5-3-4-6-16(15)21/h3-9,11H,10H2,1-2H3. The molecule has 0 unspecified atom stereocenters. The lowest BCUT2D eigenvalue weighted by Crippen LogP contribution is -2.10. The Hall–Kier alpha value is -2.73. The quantitative estimate of drug-likeness (QED) is 0.533. The number of carbonyl (C=O) groups is 1. The average Bonchev–Trinajstić information content (AvgIpc) is 3.28. The van der Waals surface area contributed by atoms with Crippen molar-refractivity contribution in [1.82, 2.24) is 19.1 Å². The number of ketones is 1. The lowest BCUT2D eigenvalue weighted by atomic mass is 10.1. The van der Waals surface area contributed by atoms with E-state index < -0.39 is 0 Å². The van der Waals surface area contributed by atoms with Gasteiger partial charge in [0.2, 0.25) is 0 Å². The number of benzene rings is 1. The van der Waals surface area contributed by atoms with Crippen molar-refractivity contribution in [2.24, 2.45) is 0 Å². The fourth-order valence-corrected chi connectivity index (χ4v) is 3.79. The van der Waals surface area contributed by atoms with Gasteiger partial charge in [0.05, 0.1) is 23.9 Å². The van der Waals surface area contributed by atoms with Crippen LogP contribution in [0.3, 0.4) is 0 Å². The van der Waals surface area contributed by atoms with E-state index in [1.807, 2.05) is 58.7 Å². The molecule has 0 N–H and O–H groups in total. The van der Waals surface area contributed by atoms with Crippen LogP contribution in [0.5, 0.6) is 0 Å². The molecule has 4 aromatic rings. The summed E-state index contributed by atoms with van der Waals surface area (Å²) in [7, 11) is 0. The second-order valence-corrected chi connectivity index (χ2v) is 6.59. The maximum atomic E-state index is 12.8. The highest BCUT2D eigenvalue weighted by Gasteiger charge is 2.18. The van der Waals surface area contributed by atoms with Crippen LogP contribution in [0.1, 0.15) is 21.7 Å². The Labute approximate surface area is 143 Å². The Morgan fingerprint density at radius 1 is 1.21 bits per heavy atom. The number of fused-ring (bicyclic) bond motifs is 1. The molecule has 4 rings (SSSR count). The monoisotopic (exact) mass is 336 g/mol. The molecule has 0 radical (unpaired) electrons. The molecular weight excluding hydrogens is 320 g/mol. The maximum Gasteiger partial charge on any atom is 0.193 e. The van der Waals surface area contributed by atoms with Gasteiger partial charge in [-0.15, -0.1) is 11.3 Å². The van der Waals surface area contributed by atoms with E-state index in [9.17, 15) is 4.79 Å². The second-order valence-electron chi connectivity index (χ2n) is 5.72. The first-order valence-electron chi connectivity index (χ1n) is 7.67. The second kappa shape index (κ2) is 5.72. The lowest BCUT2D eigenvalue weighted by molar-refractivity contribution is 0.0973. The Morgan fingerprint density at radius 2 is 2.04 bits per heavy atom. The topological polar surface area (TPSA) is 52.7 Å². The van der Waals surface area contributed by atoms with Crippen LogP contribution in [-0.2, 0) is 6.54 Å². The van der Waals surface area contributed by atoms with Crippen molar-refractivity contribution in [3.63, 3.8) is 0 Å². The predicted molar refractivity (Wildman–Crippen MR) is 95.0 cm³/mol. The number of para-hydroxylation sites is 2. The summed E-state index contributed by atoms with van der Waals surface area (Å²) in [6, 6.07) is 9.78. The van der Waals surface area contributed by atoms with E-state index in [0.29, 0.717) is 0 Å². The van der Waals surface area contributed by atoms with Gasteiger partial charge in [-0.1, -0.05) is 12.1 Å². The summed E-state index contributed by atoms with van der Waals surface area (Å²) in [6.07, 6.45) is 3.50. The van der Waals surface area contributed by atoms with Crippen LogP contribution in [0.25, 0.3) is 16.2 Å². The van der Waals surface area contributed by atoms with E-state index in [2.05, 4.69) is 9.97 Å². The van der Waals surface area contributed by atoms with Crippen molar-refractivity contribution in [2.45, 2.75) is 20.4 Å². The third kappa shape index (κ3) is 2.35. The zero-order chi connectivity index (χ0) is 16.7. The van der Waals surface area contributed by atoms with Gasteiger partial charge in [0, 0.05) is 28.5 Å². The van der Waals surface area contributed by atoms with Gasteiger partial charge in [-0.3, -0.25) is 9.36 Å². The number of carbonyl (C=O) groups excluding carboxylic acids is 1. The van der Waals surface area contributed by atoms with E-state index in [1.165, 1.54) is 0 Å². The van der Waals surface area contributed by atoms with Crippen molar-refractivity contribution >= 4 is 28.2 Å². The van der Waals surface area contributed by atoms with Gasteiger partial charge in [0.25, 0.3) is 0 Å². The Morgan fingerprint density at radius 3 is 2.83 bits per heavy atom. The normalized spacial score (nSPS) is 11.2. The lowest BCUT2D eigenvalue weighted by Gasteiger charge is -2.06. The van der Waals surface area contributed by atoms with Crippen molar-refractivity contribution in [3.8, 4) is 5.13 Å². The van der Waals surface area contributed by atoms with E-state index in [1.54, 1.807) is 23.9 Å². The maximum absolute atomic E-state index is 12.8. The number of imidazole rings is 1. The number of rotatable bonds is 4. The van der Waals surface area contributed by atoms with E-state index in [4.69, 9.17) is 0 Å².